The van der Waals surface area contributed by atoms with Gasteiger partial charge in [-0.1, -0.05) is 39.5 Å². The molecule has 0 fully saturated rings. The molecule has 1 aromatic rings. The van der Waals surface area contributed by atoms with Gasteiger partial charge in [-0.2, -0.15) is 4.98 Å². The minimum absolute atomic E-state index is 0.745. The van der Waals surface area contributed by atoms with Gasteiger partial charge in [0.1, 0.15) is 5.82 Å². The molecule has 0 amide bonds. The third-order valence-electron chi connectivity index (χ3n) is 3.00. The molecule has 0 saturated carbocycles. The highest BCUT2D eigenvalue weighted by Gasteiger charge is 2.01. The highest BCUT2D eigenvalue weighted by Crippen LogP contribution is 2.10. The first-order chi connectivity index (χ1) is 9.26. The van der Waals surface area contributed by atoms with Gasteiger partial charge in [-0.05, 0) is 19.8 Å². The zero-order valence-electron chi connectivity index (χ0n) is 12.6. The number of anilines is 2. The number of rotatable bonds is 10. The fraction of sp³-hybridized carbons (Fsp3) is 0.733. The van der Waals surface area contributed by atoms with Crippen LogP contribution in [0, 0.1) is 6.92 Å². The number of nitrogens with one attached hydrogen (secondary N) is 2. The Morgan fingerprint density at radius 1 is 0.895 bits per heavy atom. The van der Waals surface area contributed by atoms with Crippen molar-refractivity contribution in [1.82, 2.24) is 9.97 Å². The maximum atomic E-state index is 4.50. The highest BCUT2D eigenvalue weighted by molar-refractivity contribution is 5.42. The second-order valence-corrected chi connectivity index (χ2v) is 4.99. The van der Waals surface area contributed by atoms with Crippen LogP contribution in [0.5, 0.6) is 0 Å². The molecule has 0 unspecified atom stereocenters. The summed E-state index contributed by atoms with van der Waals surface area (Å²) >= 11 is 0. The van der Waals surface area contributed by atoms with Crippen LogP contribution in [0.2, 0.25) is 0 Å². The lowest BCUT2D eigenvalue weighted by Gasteiger charge is -2.09. The van der Waals surface area contributed by atoms with Crippen molar-refractivity contribution < 1.29 is 0 Å². The number of aryl methyl sites for hydroxylation is 1. The fourth-order valence-corrected chi connectivity index (χ4v) is 1.90. The van der Waals surface area contributed by atoms with Gasteiger partial charge in [0, 0.05) is 24.8 Å². The third kappa shape index (κ3) is 6.99. The van der Waals surface area contributed by atoms with E-state index in [1.54, 1.807) is 0 Å². The van der Waals surface area contributed by atoms with Crippen molar-refractivity contribution in [3.63, 3.8) is 0 Å². The molecule has 4 heteroatoms. The molecule has 0 saturated heterocycles. The van der Waals surface area contributed by atoms with Crippen molar-refractivity contribution in [2.24, 2.45) is 0 Å². The van der Waals surface area contributed by atoms with Crippen LogP contribution in [-0.4, -0.2) is 23.1 Å². The summed E-state index contributed by atoms with van der Waals surface area (Å²) < 4.78 is 0. The van der Waals surface area contributed by atoms with E-state index in [0.717, 1.165) is 30.5 Å². The lowest BCUT2D eigenvalue weighted by molar-refractivity contribution is 0.737. The Labute approximate surface area is 117 Å². The molecule has 0 aliphatic rings. The molecular weight excluding hydrogens is 236 g/mol. The van der Waals surface area contributed by atoms with Gasteiger partial charge >= 0.3 is 0 Å². The van der Waals surface area contributed by atoms with Crippen LogP contribution < -0.4 is 10.6 Å². The van der Waals surface area contributed by atoms with E-state index in [4.69, 9.17) is 0 Å². The summed E-state index contributed by atoms with van der Waals surface area (Å²) in [7, 11) is 0. The summed E-state index contributed by atoms with van der Waals surface area (Å²) in [6, 6.07) is 2.00. The van der Waals surface area contributed by atoms with Crippen molar-refractivity contribution in [2.45, 2.75) is 59.3 Å². The highest BCUT2D eigenvalue weighted by atomic mass is 15.1. The van der Waals surface area contributed by atoms with Crippen LogP contribution in [0.15, 0.2) is 6.07 Å². The van der Waals surface area contributed by atoms with E-state index in [2.05, 4.69) is 34.4 Å². The zero-order chi connectivity index (χ0) is 13.9. The van der Waals surface area contributed by atoms with Crippen LogP contribution in [0.3, 0.4) is 0 Å². The summed E-state index contributed by atoms with van der Waals surface area (Å²) in [5.41, 5.74) is 1.01. The standard InChI is InChI=1S/C15H28N4/c1-4-6-8-10-16-14-12-13(3)18-15(19-14)17-11-9-7-5-2/h12H,4-11H2,1-3H3,(H2,16,17,18,19). The van der Waals surface area contributed by atoms with E-state index in [-0.39, 0.29) is 0 Å². The second-order valence-electron chi connectivity index (χ2n) is 4.99. The first-order valence-electron chi connectivity index (χ1n) is 7.59. The molecule has 0 aromatic carbocycles. The Bertz CT molecular complexity index is 322. The molecule has 108 valence electrons. The van der Waals surface area contributed by atoms with E-state index in [1.807, 2.05) is 13.0 Å². The Balaban J connectivity index is 2.41. The van der Waals surface area contributed by atoms with Crippen LogP contribution in [0.25, 0.3) is 0 Å². The van der Waals surface area contributed by atoms with Gasteiger partial charge in [0.05, 0.1) is 0 Å². The van der Waals surface area contributed by atoms with Crippen LogP contribution in [-0.2, 0) is 0 Å². The number of hydrogen-bond acceptors (Lipinski definition) is 4. The molecule has 19 heavy (non-hydrogen) atoms. The Hall–Kier alpha value is -1.32. The fourth-order valence-electron chi connectivity index (χ4n) is 1.90. The summed E-state index contributed by atoms with van der Waals surface area (Å²) in [6.07, 6.45) is 7.36. The van der Waals surface area contributed by atoms with Gasteiger partial charge in [0.25, 0.3) is 0 Å². The van der Waals surface area contributed by atoms with Gasteiger partial charge in [0.15, 0.2) is 0 Å². The number of nitrogens with zero attached hydrogens (tertiary/aromatic N) is 2. The average Bonchev–Trinajstić information content (AvgIpc) is 2.39. The summed E-state index contributed by atoms with van der Waals surface area (Å²) in [5, 5.41) is 6.67. The molecule has 1 rings (SSSR count). The van der Waals surface area contributed by atoms with Crippen molar-refractivity contribution in [3.05, 3.63) is 11.8 Å². The molecule has 1 heterocycles. The molecule has 0 aliphatic heterocycles. The van der Waals surface area contributed by atoms with Gasteiger partial charge in [-0.25, -0.2) is 4.98 Å². The van der Waals surface area contributed by atoms with Crippen molar-refractivity contribution in [2.75, 3.05) is 23.7 Å². The van der Waals surface area contributed by atoms with E-state index >= 15 is 0 Å². The quantitative estimate of drug-likeness (QED) is 0.627. The second kappa shape index (κ2) is 9.59. The molecule has 2 N–H and O–H groups in total. The van der Waals surface area contributed by atoms with Gasteiger partial charge in [-0.3, -0.25) is 0 Å². The molecule has 0 radical (unpaired) electrons. The van der Waals surface area contributed by atoms with Crippen LogP contribution in [0.4, 0.5) is 11.8 Å². The normalized spacial score (nSPS) is 10.5. The molecular formula is C15H28N4. The lowest BCUT2D eigenvalue weighted by Crippen LogP contribution is -2.09. The van der Waals surface area contributed by atoms with E-state index in [9.17, 15) is 0 Å². The van der Waals surface area contributed by atoms with Gasteiger partial charge < -0.3 is 10.6 Å². The van der Waals surface area contributed by atoms with E-state index < -0.39 is 0 Å². The zero-order valence-corrected chi connectivity index (χ0v) is 12.6. The van der Waals surface area contributed by atoms with Crippen molar-refractivity contribution >= 4 is 11.8 Å². The summed E-state index contributed by atoms with van der Waals surface area (Å²) in [5.74, 6) is 1.68. The van der Waals surface area contributed by atoms with Crippen molar-refractivity contribution in [1.29, 1.82) is 0 Å². The predicted octanol–water partition coefficient (Wildman–Crippen LogP) is 3.99. The summed E-state index contributed by atoms with van der Waals surface area (Å²) in [4.78, 5) is 8.91. The molecule has 0 aliphatic carbocycles. The monoisotopic (exact) mass is 264 g/mol. The minimum atomic E-state index is 0.745. The molecule has 0 bridgehead atoms. The molecule has 0 atom stereocenters. The Kier molecular flexibility index (Phi) is 7.94. The molecule has 4 nitrogen and oxygen atoms in total. The lowest BCUT2D eigenvalue weighted by atomic mass is 10.2. The Morgan fingerprint density at radius 3 is 2.16 bits per heavy atom. The van der Waals surface area contributed by atoms with Crippen LogP contribution >= 0.6 is 0 Å². The topological polar surface area (TPSA) is 49.8 Å². The largest absolute Gasteiger partial charge is 0.370 e. The third-order valence-corrected chi connectivity index (χ3v) is 3.00. The van der Waals surface area contributed by atoms with E-state index in [0.29, 0.717) is 0 Å². The first kappa shape index (κ1) is 15.7. The molecule has 1 aromatic heterocycles. The first-order valence-corrected chi connectivity index (χ1v) is 7.59. The number of hydrogen-bond donors (Lipinski definition) is 2. The maximum absolute atomic E-state index is 4.50. The minimum Gasteiger partial charge on any atom is -0.370 e. The average molecular weight is 264 g/mol. The van der Waals surface area contributed by atoms with Gasteiger partial charge in [0.2, 0.25) is 5.95 Å². The Morgan fingerprint density at radius 2 is 1.53 bits per heavy atom. The van der Waals surface area contributed by atoms with E-state index in [1.165, 1.54) is 38.5 Å². The summed E-state index contributed by atoms with van der Waals surface area (Å²) in [6.45, 7) is 8.37. The van der Waals surface area contributed by atoms with Gasteiger partial charge in [-0.15, -0.1) is 0 Å². The predicted molar refractivity (Wildman–Crippen MR) is 82.8 cm³/mol. The number of aromatic nitrogens is 2. The van der Waals surface area contributed by atoms with Crippen molar-refractivity contribution in [3.8, 4) is 0 Å². The SMILES string of the molecule is CCCCCNc1cc(C)nc(NCCCCC)n1. The van der Waals surface area contributed by atoms with Crippen LogP contribution in [0.1, 0.15) is 58.1 Å². The maximum Gasteiger partial charge on any atom is 0.224 e. The molecule has 0 spiro atoms. The smallest absolute Gasteiger partial charge is 0.224 e. The number of unbranched alkanes of at least 4 members (excludes halogenated alkanes) is 4.